The van der Waals surface area contributed by atoms with E-state index < -0.39 is 0 Å². The molecule has 1 aromatic rings. The molecule has 1 aliphatic carbocycles. The summed E-state index contributed by atoms with van der Waals surface area (Å²) in [6.07, 6.45) is 4.57. The molecule has 0 N–H and O–H groups in total. The minimum Gasteiger partial charge on any atom is -0.465 e. The molecule has 0 radical (unpaired) electrons. The SMILES string of the molecule is COC(=O)c1ccc2c(c1)CC[C@@]1(CCCN(CC3COC3)C1=O)C2. The standard InChI is InChI=1S/C20H25NO4/c1-24-18(22)16-3-4-17-10-20(7-5-15(17)9-16)6-2-8-21(19(20)23)11-14-12-25-13-14/h3-4,9,14H,2,5-8,10-13H2,1H3/t20-/m0/s1. The third kappa shape index (κ3) is 2.95. The summed E-state index contributed by atoms with van der Waals surface area (Å²) in [5.74, 6) is 0.539. The largest absolute Gasteiger partial charge is 0.465 e. The Balaban J connectivity index is 1.53. The first-order valence-electron chi connectivity index (χ1n) is 9.18. The van der Waals surface area contributed by atoms with E-state index in [9.17, 15) is 9.59 Å². The molecule has 1 spiro atoms. The van der Waals surface area contributed by atoms with Crippen LogP contribution >= 0.6 is 0 Å². The molecule has 0 saturated carbocycles. The third-order valence-corrected chi connectivity index (χ3v) is 6.04. The Hall–Kier alpha value is -1.88. The maximum atomic E-state index is 13.2. The van der Waals surface area contributed by atoms with E-state index in [1.807, 2.05) is 18.2 Å². The van der Waals surface area contributed by atoms with Crippen LogP contribution in [0.4, 0.5) is 0 Å². The molecule has 2 fully saturated rings. The summed E-state index contributed by atoms with van der Waals surface area (Å²) in [7, 11) is 1.40. The van der Waals surface area contributed by atoms with Crippen molar-refractivity contribution in [3.8, 4) is 0 Å². The minimum absolute atomic E-state index is 0.247. The van der Waals surface area contributed by atoms with E-state index in [1.54, 1.807) is 0 Å². The Labute approximate surface area is 148 Å². The van der Waals surface area contributed by atoms with Gasteiger partial charge in [0.2, 0.25) is 5.91 Å². The molecule has 134 valence electrons. The van der Waals surface area contributed by atoms with Crippen molar-refractivity contribution in [2.75, 3.05) is 33.4 Å². The highest BCUT2D eigenvalue weighted by Gasteiger charge is 2.46. The van der Waals surface area contributed by atoms with Crippen LogP contribution in [0.25, 0.3) is 0 Å². The van der Waals surface area contributed by atoms with Gasteiger partial charge in [-0.1, -0.05) is 6.07 Å². The molecule has 2 saturated heterocycles. The second-order valence-corrected chi connectivity index (χ2v) is 7.69. The molecule has 0 bridgehead atoms. The zero-order valence-corrected chi connectivity index (χ0v) is 14.8. The summed E-state index contributed by atoms with van der Waals surface area (Å²) in [6.45, 7) is 3.30. The molecule has 5 nitrogen and oxygen atoms in total. The number of hydrogen-bond acceptors (Lipinski definition) is 4. The van der Waals surface area contributed by atoms with Gasteiger partial charge in [-0.2, -0.15) is 0 Å². The van der Waals surface area contributed by atoms with Gasteiger partial charge in [-0.05, 0) is 55.4 Å². The molecule has 0 aromatic heterocycles. The number of ether oxygens (including phenoxy) is 2. The van der Waals surface area contributed by atoms with E-state index in [4.69, 9.17) is 9.47 Å². The molecule has 2 aliphatic heterocycles. The second-order valence-electron chi connectivity index (χ2n) is 7.69. The van der Waals surface area contributed by atoms with Crippen molar-refractivity contribution in [1.82, 2.24) is 4.90 Å². The first-order valence-corrected chi connectivity index (χ1v) is 9.18. The van der Waals surface area contributed by atoms with Crippen molar-refractivity contribution in [1.29, 1.82) is 0 Å². The van der Waals surface area contributed by atoms with Crippen LogP contribution < -0.4 is 0 Å². The number of rotatable bonds is 3. The van der Waals surface area contributed by atoms with Crippen LogP contribution in [0.1, 0.15) is 40.7 Å². The normalized spacial score (nSPS) is 26.3. The van der Waals surface area contributed by atoms with Crippen molar-refractivity contribution in [3.05, 3.63) is 34.9 Å². The number of carbonyl (C=O) groups excluding carboxylic acids is 2. The number of fused-ring (bicyclic) bond motifs is 1. The number of methoxy groups -OCH3 is 1. The lowest BCUT2D eigenvalue weighted by Gasteiger charge is -2.46. The quantitative estimate of drug-likeness (QED) is 0.790. The Morgan fingerprint density at radius 3 is 2.88 bits per heavy atom. The zero-order chi connectivity index (χ0) is 17.4. The minimum atomic E-state index is -0.300. The third-order valence-electron chi connectivity index (χ3n) is 6.04. The average Bonchev–Trinajstić information content (AvgIpc) is 2.60. The molecule has 2 heterocycles. The number of benzene rings is 1. The van der Waals surface area contributed by atoms with Gasteiger partial charge in [-0.15, -0.1) is 0 Å². The highest BCUT2D eigenvalue weighted by Crippen LogP contribution is 2.43. The molecule has 5 heteroatoms. The Kier molecular flexibility index (Phi) is 4.28. The topological polar surface area (TPSA) is 55.8 Å². The lowest BCUT2D eigenvalue weighted by molar-refractivity contribution is -0.151. The fourth-order valence-electron chi connectivity index (χ4n) is 4.53. The molecule has 1 aromatic carbocycles. The summed E-state index contributed by atoms with van der Waals surface area (Å²) in [4.78, 5) is 27.0. The maximum absolute atomic E-state index is 13.2. The summed E-state index contributed by atoms with van der Waals surface area (Å²) >= 11 is 0. The summed E-state index contributed by atoms with van der Waals surface area (Å²) < 4.78 is 10.1. The monoisotopic (exact) mass is 343 g/mol. The van der Waals surface area contributed by atoms with E-state index >= 15 is 0 Å². The molecule has 1 atom stereocenters. The van der Waals surface area contributed by atoms with Crippen molar-refractivity contribution in [2.45, 2.75) is 32.1 Å². The fraction of sp³-hybridized carbons (Fsp3) is 0.600. The molecular weight excluding hydrogens is 318 g/mol. The van der Waals surface area contributed by atoms with Gasteiger partial charge in [0.25, 0.3) is 0 Å². The van der Waals surface area contributed by atoms with Crippen molar-refractivity contribution in [2.24, 2.45) is 11.3 Å². The van der Waals surface area contributed by atoms with E-state index in [-0.39, 0.29) is 11.4 Å². The number of nitrogens with zero attached hydrogens (tertiary/aromatic N) is 1. The predicted molar refractivity (Wildman–Crippen MR) is 92.4 cm³/mol. The number of aryl methyl sites for hydroxylation is 1. The van der Waals surface area contributed by atoms with Gasteiger partial charge in [0.05, 0.1) is 31.3 Å². The highest BCUT2D eigenvalue weighted by atomic mass is 16.5. The number of likely N-dealkylation sites (tertiary alicyclic amines) is 1. The number of carbonyl (C=O) groups is 2. The van der Waals surface area contributed by atoms with Gasteiger partial charge >= 0.3 is 5.97 Å². The van der Waals surface area contributed by atoms with Crippen LogP contribution in [0.5, 0.6) is 0 Å². The molecule has 0 unspecified atom stereocenters. The van der Waals surface area contributed by atoms with Crippen molar-refractivity contribution >= 4 is 11.9 Å². The smallest absolute Gasteiger partial charge is 0.337 e. The maximum Gasteiger partial charge on any atom is 0.337 e. The van der Waals surface area contributed by atoms with Gasteiger partial charge in [0.15, 0.2) is 0 Å². The van der Waals surface area contributed by atoms with Crippen LogP contribution in [-0.4, -0.2) is 50.2 Å². The molecule has 1 amide bonds. The van der Waals surface area contributed by atoms with E-state index in [0.29, 0.717) is 17.4 Å². The second kappa shape index (κ2) is 6.45. The number of esters is 1. The Morgan fingerprint density at radius 2 is 2.16 bits per heavy atom. The molecule has 4 rings (SSSR count). The summed E-state index contributed by atoms with van der Waals surface area (Å²) in [5.41, 5.74) is 2.74. The van der Waals surface area contributed by atoms with E-state index in [2.05, 4.69) is 4.90 Å². The summed E-state index contributed by atoms with van der Waals surface area (Å²) in [6, 6.07) is 5.76. The van der Waals surface area contributed by atoms with E-state index in [0.717, 1.165) is 58.4 Å². The van der Waals surface area contributed by atoms with Gasteiger partial charge in [-0.3, -0.25) is 4.79 Å². The van der Waals surface area contributed by atoms with Crippen LogP contribution in [0, 0.1) is 11.3 Å². The number of amides is 1. The van der Waals surface area contributed by atoms with Crippen LogP contribution in [0.15, 0.2) is 18.2 Å². The zero-order valence-electron chi connectivity index (χ0n) is 14.8. The first-order chi connectivity index (χ1) is 12.1. The van der Waals surface area contributed by atoms with Gasteiger partial charge in [0.1, 0.15) is 0 Å². The van der Waals surface area contributed by atoms with Crippen molar-refractivity contribution in [3.63, 3.8) is 0 Å². The lowest BCUT2D eigenvalue weighted by Crippen LogP contribution is -2.54. The Bertz CT molecular complexity index is 697. The highest BCUT2D eigenvalue weighted by molar-refractivity contribution is 5.90. The summed E-state index contributed by atoms with van der Waals surface area (Å²) in [5, 5.41) is 0. The predicted octanol–water partition coefficient (Wildman–Crippen LogP) is 2.22. The number of piperidine rings is 1. The van der Waals surface area contributed by atoms with Crippen LogP contribution in [-0.2, 0) is 27.1 Å². The lowest BCUT2D eigenvalue weighted by atomic mass is 9.66. The van der Waals surface area contributed by atoms with Crippen LogP contribution in [0.3, 0.4) is 0 Å². The molecule has 25 heavy (non-hydrogen) atoms. The fourth-order valence-corrected chi connectivity index (χ4v) is 4.53. The molecular formula is C20H25NO4. The average molecular weight is 343 g/mol. The van der Waals surface area contributed by atoms with Gasteiger partial charge < -0.3 is 14.4 Å². The number of hydrogen-bond donors (Lipinski definition) is 0. The first kappa shape index (κ1) is 16.6. The van der Waals surface area contributed by atoms with Gasteiger partial charge in [-0.25, -0.2) is 4.79 Å². The Morgan fingerprint density at radius 1 is 1.32 bits per heavy atom. The van der Waals surface area contributed by atoms with Gasteiger partial charge in [0, 0.05) is 19.0 Å². The van der Waals surface area contributed by atoms with Crippen LogP contribution in [0.2, 0.25) is 0 Å². The molecule has 3 aliphatic rings. The van der Waals surface area contributed by atoms with Crippen molar-refractivity contribution < 1.29 is 19.1 Å². The van der Waals surface area contributed by atoms with E-state index in [1.165, 1.54) is 18.2 Å².